The normalized spacial score (nSPS) is 10.5. The molecule has 0 radical (unpaired) electrons. The molecule has 17 heavy (non-hydrogen) atoms. The van der Waals surface area contributed by atoms with Crippen LogP contribution in [0.1, 0.15) is 15.9 Å². The molecule has 5 nitrogen and oxygen atoms in total. The summed E-state index contributed by atoms with van der Waals surface area (Å²) in [6.07, 6.45) is 1.33. The second kappa shape index (κ2) is 4.20. The van der Waals surface area contributed by atoms with Crippen molar-refractivity contribution in [2.24, 2.45) is 5.84 Å². The van der Waals surface area contributed by atoms with Crippen molar-refractivity contribution in [2.45, 2.75) is 6.92 Å². The van der Waals surface area contributed by atoms with Crippen LogP contribution in [-0.4, -0.2) is 10.9 Å². The van der Waals surface area contributed by atoms with Gasteiger partial charge in [-0.2, -0.15) is 0 Å². The molecule has 1 aromatic heterocycles. The van der Waals surface area contributed by atoms with Crippen LogP contribution in [0.4, 0.5) is 0 Å². The maximum Gasteiger partial charge on any atom is 0.270 e. The number of nitrogens with two attached hydrogens (primary N) is 1. The number of rotatable bonds is 1. The number of H-pyrrole nitrogens is 1. The summed E-state index contributed by atoms with van der Waals surface area (Å²) in [6.45, 7) is 1.79. The number of halogens is 1. The van der Waals surface area contributed by atoms with Crippen LogP contribution in [0.15, 0.2) is 23.1 Å². The molecule has 0 fully saturated rings. The molecule has 0 aliphatic rings. The average molecular weight is 252 g/mol. The molecule has 2 rings (SSSR count). The molecule has 0 bridgehead atoms. The van der Waals surface area contributed by atoms with E-state index in [1.54, 1.807) is 19.1 Å². The topological polar surface area (TPSA) is 88.0 Å². The van der Waals surface area contributed by atoms with Gasteiger partial charge in [0, 0.05) is 16.6 Å². The second-order valence-corrected chi connectivity index (χ2v) is 4.01. The number of nitrogen functional groups attached to an aromatic ring is 1. The minimum Gasteiger partial charge on any atom is -0.360 e. The number of benzene rings is 1. The van der Waals surface area contributed by atoms with E-state index in [2.05, 4.69) is 4.98 Å². The molecule has 1 aromatic carbocycles. The minimum absolute atomic E-state index is 0.0262. The number of pyridine rings is 1. The molecule has 0 aliphatic carbocycles. The zero-order valence-electron chi connectivity index (χ0n) is 9.00. The van der Waals surface area contributed by atoms with Crippen LogP contribution in [-0.2, 0) is 0 Å². The van der Waals surface area contributed by atoms with Gasteiger partial charge in [0.05, 0.1) is 5.52 Å². The quantitative estimate of drug-likeness (QED) is 0.403. The van der Waals surface area contributed by atoms with Gasteiger partial charge in [-0.1, -0.05) is 11.6 Å². The maximum atomic E-state index is 12.0. The molecule has 0 spiro atoms. The van der Waals surface area contributed by atoms with Crippen molar-refractivity contribution in [3.8, 4) is 0 Å². The van der Waals surface area contributed by atoms with Crippen molar-refractivity contribution in [3.63, 3.8) is 0 Å². The fourth-order valence-electron chi connectivity index (χ4n) is 1.66. The standard InChI is InChI=1S/C11H10ClN3O2/c1-5-8(12)3-2-6-9(5)14-4-7(10(6)16)11(17)15-13/h2-4H,13H2,1H3,(H,14,16)(H,15,17). The molecule has 0 unspecified atom stereocenters. The van der Waals surface area contributed by atoms with Crippen LogP contribution in [0, 0.1) is 6.92 Å². The van der Waals surface area contributed by atoms with E-state index in [9.17, 15) is 9.59 Å². The highest BCUT2D eigenvalue weighted by Crippen LogP contribution is 2.21. The Hall–Kier alpha value is -1.85. The number of fused-ring (bicyclic) bond motifs is 1. The third-order valence-electron chi connectivity index (χ3n) is 2.62. The number of aryl methyl sites for hydroxylation is 1. The summed E-state index contributed by atoms with van der Waals surface area (Å²) >= 11 is 5.95. The van der Waals surface area contributed by atoms with Crippen LogP contribution in [0.25, 0.3) is 10.9 Å². The van der Waals surface area contributed by atoms with E-state index in [0.717, 1.165) is 5.56 Å². The number of carbonyl (C=O) groups excluding carboxylic acids is 1. The lowest BCUT2D eigenvalue weighted by atomic mass is 10.1. The van der Waals surface area contributed by atoms with E-state index < -0.39 is 5.91 Å². The summed E-state index contributed by atoms with van der Waals surface area (Å²) in [4.78, 5) is 26.2. The van der Waals surface area contributed by atoms with Crippen LogP contribution in [0.5, 0.6) is 0 Å². The Morgan fingerprint density at radius 2 is 2.18 bits per heavy atom. The highest BCUT2D eigenvalue weighted by atomic mass is 35.5. The first-order valence-corrected chi connectivity index (χ1v) is 5.25. The monoisotopic (exact) mass is 251 g/mol. The van der Waals surface area contributed by atoms with Gasteiger partial charge in [-0.05, 0) is 24.6 Å². The highest BCUT2D eigenvalue weighted by Gasteiger charge is 2.13. The first-order valence-electron chi connectivity index (χ1n) is 4.87. The third-order valence-corrected chi connectivity index (χ3v) is 3.03. The Morgan fingerprint density at radius 1 is 1.47 bits per heavy atom. The first-order chi connectivity index (χ1) is 8.06. The van der Waals surface area contributed by atoms with Gasteiger partial charge < -0.3 is 4.98 Å². The number of hydrogen-bond donors (Lipinski definition) is 3. The third kappa shape index (κ3) is 1.79. The lowest BCUT2D eigenvalue weighted by molar-refractivity contribution is 0.0952. The van der Waals surface area contributed by atoms with Gasteiger partial charge in [0.25, 0.3) is 5.91 Å². The van der Waals surface area contributed by atoms with Crippen LogP contribution >= 0.6 is 11.6 Å². The van der Waals surface area contributed by atoms with Gasteiger partial charge in [0.15, 0.2) is 0 Å². The van der Waals surface area contributed by atoms with Crippen LogP contribution < -0.4 is 16.7 Å². The fraction of sp³-hybridized carbons (Fsp3) is 0.0909. The summed E-state index contributed by atoms with van der Waals surface area (Å²) in [7, 11) is 0. The SMILES string of the molecule is Cc1c(Cl)ccc2c(=O)c(C(=O)NN)c[nH]c12. The Kier molecular flexibility index (Phi) is 2.87. The van der Waals surface area contributed by atoms with Crippen molar-refractivity contribution in [2.75, 3.05) is 0 Å². The molecule has 88 valence electrons. The Labute approximate surface area is 102 Å². The minimum atomic E-state index is -0.624. The molecule has 1 heterocycles. The number of carbonyl (C=O) groups is 1. The summed E-state index contributed by atoms with van der Waals surface area (Å²) in [5, 5.41) is 0.970. The zero-order chi connectivity index (χ0) is 12.6. The van der Waals surface area contributed by atoms with Gasteiger partial charge in [-0.15, -0.1) is 0 Å². The summed E-state index contributed by atoms with van der Waals surface area (Å²) in [5.41, 5.74) is 2.91. The van der Waals surface area contributed by atoms with Crippen molar-refractivity contribution >= 4 is 28.4 Å². The van der Waals surface area contributed by atoms with Crippen molar-refractivity contribution in [1.29, 1.82) is 0 Å². The summed E-state index contributed by atoms with van der Waals surface area (Å²) in [5.74, 6) is 4.37. The maximum absolute atomic E-state index is 12.0. The molecule has 0 saturated heterocycles. The average Bonchev–Trinajstić information content (AvgIpc) is 2.33. The van der Waals surface area contributed by atoms with Crippen LogP contribution in [0.3, 0.4) is 0 Å². The number of nitrogens with one attached hydrogen (secondary N) is 2. The fourth-order valence-corrected chi connectivity index (χ4v) is 1.82. The molecular weight excluding hydrogens is 242 g/mol. The van der Waals surface area contributed by atoms with Gasteiger partial charge in [-0.25, -0.2) is 5.84 Å². The van der Waals surface area contributed by atoms with Gasteiger partial charge in [0.2, 0.25) is 5.43 Å². The Morgan fingerprint density at radius 3 is 2.82 bits per heavy atom. The number of aromatic nitrogens is 1. The van der Waals surface area contributed by atoms with E-state index in [0.29, 0.717) is 15.9 Å². The molecule has 0 aliphatic heterocycles. The number of aromatic amines is 1. The number of hydrogen-bond acceptors (Lipinski definition) is 3. The van der Waals surface area contributed by atoms with Crippen molar-refractivity contribution in [1.82, 2.24) is 10.4 Å². The first kappa shape index (κ1) is 11.6. The predicted molar refractivity (Wildman–Crippen MR) is 66.0 cm³/mol. The van der Waals surface area contributed by atoms with E-state index in [4.69, 9.17) is 17.4 Å². The smallest absolute Gasteiger partial charge is 0.270 e. The number of hydrazine groups is 1. The molecule has 6 heteroatoms. The lowest BCUT2D eigenvalue weighted by Crippen LogP contribution is -2.33. The Bertz CT molecular complexity index is 664. The van der Waals surface area contributed by atoms with E-state index in [-0.39, 0.29) is 11.0 Å². The largest absolute Gasteiger partial charge is 0.360 e. The molecular formula is C11H10ClN3O2. The molecule has 0 atom stereocenters. The van der Waals surface area contributed by atoms with Crippen molar-refractivity contribution < 1.29 is 4.79 Å². The van der Waals surface area contributed by atoms with E-state index in [1.165, 1.54) is 6.20 Å². The van der Waals surface area contributed by atoms with Crippen molar-refractivity contribution in [3.05, 3.63) is 44.7 Å². The summed E-state index contributed by atoms with van der Waals surface area (Å²) in [6, 6.07) is 3.20. The van der Waals surface area contributed by atoms with E-state index in [1.807, 2.05) is 5.43 Å². The molecule has 1 amide bonds. The summed E-state index contributed by atoms with van der Waals surface area (Å²) < 4.78 is 0. The van der Waals surface area contributed by atoms with Gasteiger partial charge in [0.1, 0.15) is 5.56 Å². The predicted octanol–water partition coefficient (Wildman–Crippen LogP) is 1.09. The molecule has 0 saturated carbocycles. The highest BCUT2D eigenvalue weighted by molar-refractivity contribution is 6.32. The lowest BCUT2D eigenvalue weighted by Gasteiger charge is -2.05. The Balaban J connectivity index is 2.83. The zero-order valence-corrected chi connectivity index (χ0v) is 9.76. The second-order valence-electron chi connectivity index (χ2n) is 3.60. The number of amides is 1. The molecule has 2 aromatic rings. The van der Waals surface area contributed by atoms with Crippen LogP contribution in [0.2, 0.25) is 5.02 Å². The van der Waals surface area contributed by atoms with E-state index >= 15 is 0 Å². The molecule has 4 N–H and O–H groups in total. The van der Waals surface area contributed by atoms with Gasteiger partial charge >= 0.3 is 0 Å². The van der Waals surface area contributed by atoms with Gasteiger partial charge in [-0.3, -0.25) is 15.0 Å².